The third kappa shape index (κ3) is 4.46. The van der Waals surface area contributed by atoms with E-state index in [2.05, 4.69) is 10.1 Å². The Morgan fingerprint density at radius 1 is 1.24 bits per heavy atom. The van der Waals surface area contributed by atoms with Gasteiger partial charge in [-0.1, -0.05) is 32.1 Å². The molecule has 0 atom stereocenters. The number of nitriles is 1. The molecule has 1 amide bonds. The number of hydrogen-bond acceptors (Lipinski definition) is 4. The third-order valence-corrected chi connectivity index (χ3v) is 5.59. The van der Waals surface area contributed by atoms with Crippen molar-refractivity contribution in [3.8, 4) is 17.3 Å². The largest absolute Gasteiger partial charge is 0.416 e. The average Bonchev–Trinajstić information content (AvgIpc) is 3.12. The van der Waals surface area contributed by atoms with E-state index in [4.69, 9.17) is 0 Å². The van der Waals surface area contributed by atoms with Crippen LogP contribution in [0.4, 0.5) is 13.2 Å². The molecule has 0 radical (unpaired) electrons. The summed E-state index contributed by atoms with van der Waals surface area (Å²) in [4.78, 5) is 18.6. The average molecular weight is 453 g/mol. The molecule has 2 aromatic heterocycles. The maximum atomic E-state index is 12.9. The van der Waals surface area contributed by atoms with E-state index in [0.29, 0.717) is 42.3 Å². The molecular weight excluding hydrogens is 431 g/mol. The lowest BCUT2D eigenvalue weighted by atomic mass is 10.0. The van der Waals surface area contributed by atoms with Gasteiger partial charge >= 0.3 is 6.18 Å². The van der Waals surface area contributed by atoms with E-state index in [9.17, 15) is 23.2 Å². The van der Waals surface area contributed by atoms with Crippen molar-refractivity contribution >= 4 is 16.9 Å². The number of carbonyl (C=O) groups excluding carboxylic acids is 1. The second kappa shape index (κ2) is 8.70. The van der Waals surface area contributed by atoms with Crippen LogP contribution in [0, 0.1) is 17.2 Å². The van der Waals surface area contributed by atoms with Crippen LogP contribution >= 0.6 is 0 Å². The van der Waals surface area contributed by atoms with Gasteiger partial charge in [-0.05, 0) is 36.6 Å². The number of halogens is 3. The Bertz CT molecular complexity index is 1250. The molecule has 9 heteroatoms. The summed E-state index contributed by atoms with van der Waals surface area (Å²) in [6.45, 7) is 4.78. The van der Waals surface area contributed by atoms with Crippen LogP contribution in [0.2, 0.25) is 0 Å². The Kier molecular flexibility index (Phi) is 5.93. The summed E-state index contributed by atoms with van der Waals surface area (Å²) in [6.07, 6.45) is -0.458. The molecule has 1 aromatic carbocycles. The third-order valence-electron chi connectivity index (χ3n) is 5.59. The highest BCUT2D eigenvalue weighted by molar-refractivity contribution is 5.98. The highest BCUT2D eigenvalue weighted by Crippen LogP contribution is 2.34. The van der Waals surface area contributed by atoms with Crippen molar-refractivity contribution in [3.05, 3.63) is 59.8 Å². The fourth-order valence-corrected chi connectivity index (χ4v) is 3.74. The van der Waals surface area contributed by atoms with Gasteiger partial charge in [0.25, 0.3) is 5.91 Å². The summed E-state index contributed by atoms with van der Waals surface area (Å²) in [5.74, 6) is 0.0391. The van der Waals surface area contributed by atoms with Crippen molar-refractivity contribution < 1.29 is 18.0 Å². The number of pyridine rings is 1. The van der Waals surface area contributed by atoms with Crippen LogP contribution in [0.5, 0.6) is 0 Å². The molecule has 0 bridgehead atoms. The number of alkyl halides is 3. The predicted molar refractivity (Wildman–Crippen MR) is 117 cm³/mol. The fraction of sp³-hybridized carbons (Fsp3) is 0.333. The predicted octanol–water partition coefficient (Wildman–Crippen LogP) is 5.00. The SMILES string of the molecule is CC(C)CC=C(C#N)C(=O)N1CC(n2nc(-c3ccc(C(F)(F)F)cc3)c3cccnc32)C1. The van der Waals surface area contributed by atoms with Gasteiger partial charge in [0, 0.05) is 30.2 Å². The van der Waals surface area contributed by atoms with E-state index in [1.165, 1.54) is 12.1 Å². The van der Waals surface area contributed by atoms with Gasteiger partial charge in [0.15, 0.2) is 5.65 Å². The molecule has 0 saturated carbocycles. The van der Waals surface area contributed by atoms with Crippen LogP contribution in [0.15, 0.2) is 54.2 Å². The molecule has 1 aliphatic heterocycles. The van der Waals surface area contributed by atoms with Crippen LogP contribution in [-0.4, -0.2) is 38.7 Å². The molecule has 6 nitrogen and oxygen atoms in total. The van der Waals surface area contributed by atoms with E-state index in [-0.39, 0.29) is 17.5 Å². The second-order valence-corrected chi connectivity index (χ2v) is 8.47. The van der Waals surface area contributed by atoms with E-state index < -0.39 is 11.7 Å². The highest BCUT2D eigenvalue weighted by Gasteiger charge is 2.36. The first-order valence-electron chi connectivity index (χ1n) is 10.6. The zero-order valence-electron chi connectivity index (χ0n) is 18.2. The summed E-state index contributed by atoms with van der Waals surface area (Å²) in [7, 11) is 0. The minimum absolute atomic E-state index is 0.135. The number of hydrogen-bond donors (Lipinski definition) is 0. The van der Waals surface area contributed by atoms with Crippen molar-refractivity contribution in [2.24, 2.45) is 5.92 Å². The standard InChI is InChI=1S/C24H22F3N5O/c1-15(2)5-6-17(12-28)23(33)31-13-19(14-31)32-22-20(4-3-11-29-22)21(30-32)16-7-9-18(10-8-16)24(25,26)27/h3-4,6-11,15,19H,5,13-14H2,1-2H3. The molecule has 0 N–H and O–H groups in total. The molecule has 3 aromatic rings. The molecule has 4 rings (SSSR count). The molecule has 33 heavy (non-hydrogen) atoms. The van der Waals surface area contributed by atoms with Crippen molar-refractivity contribution in [2.45, 2.75) is 32.5 Å². The molecule has 3 heterocycles. The zero-order valence-corrected chi connectivity index (χ0v) is 18.2. The van der Waals surface area contributed by atoms with Crippen molar-refractivity contribution in [3.63, 3.8) is 0 Å². The zero-order chi connectivity index (χ0) is 23.8. The van der Waals surface area contributed by atoms with Gasteiger partial charge in [-0.3, -0.25) is 4.79 Å². The molecule has 1 saturated heterocycles. The van der Waals surface area contributed by atoms with E-state index >= 15 is 0 Å². The van der Waals surface area contributed by atoms with Gasteiger partial charge in [0.1, 0.15) is 17.3 Å². The van der Waals surface area contributed by atoms with Crippen LogP contribution in [0.3, 0.4) is 0 Å². The number of carbonyl (C=O) groups is 1. The van der Waals surface area contributed by atoms with Crippen molar-refractivity contribution in [1.82, 2.24) is 19.7 Å². The summed E-state index contributed by atoms with van der Waals surface area (Å²) in [5, 5.41) is 14.7. The van der Waals surface area contributed by atoms with Crippen LogP contribution < -0.4 is 0 Å². The van der Waals surface area contributed by atoms with Gasteiger partial charge in [0.2, 0.25) is 0 Å². The van der Waals surface area contributed by atoms with Gasteiger partial charge < -0.3 is 4.90 Å². The van der Waals surface area contributed by atoms with Gasteiger partial charge in [-0.2, -0.15) is 23.5 Å². The topological polar surface area (TPSA) is 74.8 Å². The first kappa shape index (κ1) is 22.5. The summed E-state index contributed by atoms with van der Waals surface area (Å²) >= 11 is 0. The summed E-state index contributed by atoms with van der Waals surface area (Å²) < 4.78 is 40.5. The Morgan fingerprint density at radius 2 is 1.94 bits per heavy atom. The monoisotopic (exact) mass is 453 g/mol. The van der Waals surface area contributed by atoms with Gasteiger partial charge in [-0.25, -0.2) is 9.67 Å². The van der Waals surface area contributed by atoms with Crippen LogP contribution in [0.1, 0.15) is 31.9 Å². The number of nitrogens with zero attached hydrogens (tertiary/aromatic N) is 5. The second-order valence-electron chi connectivity index (χ2n) is 8.47. The van der Waals surface area contributed by atoms with E-state index in [1.54, 1.807) is 27.9 Å². The number of allylic oxidation sites excluding steroid dienone is 1. The minimum atomic E-state index is -4.41. The number of fused-ring (bicyclic) bond motifs is 1. The molecule has 1 fully saturated rings. The summed E-state index contributed by atoms with van der Waals surface area (Å²) in [5.41, 5.74) is 1.10. The number of aromatic nitrogens is 3. The maximum absolute atomic E-state index is 12.9. The van der Waals surface area contributed by atoms with Gasteiger partial charge in [-0.15, -0.1) is 0 Å². The van der Waals surface area contributed by atoms with Crippen molar-refractivity contribution in [2.75, 3.05) is 13.1 Å². The lowest BCUT2D eigenvalue weighted by Crippen LogP contribution is -2.51. The minimum Gasteiger partial charge on any atom is -0.334 e. The van der Waals surface area contributed by atoms with Crippen molar-refractivity contribution in [1.29, 1.82) is 5.26 Å². The fourth-order valence-electron chi connectivity index (χ4n) is 3.74. The number of rotatable bonds is 5. The number of benzene rings is 1. The normalized spacial score (nSPS) is 15.1. The molecule has 1 aliphatic rings. The maximum Gasteiger partial charge on any atom is 0.416 e. The Morgan fingerprint density at radius 3 is 2.55 bits per heavy atom. The Labute approximate surface area is 188 Å². The number of amides is 1. The number of likely N-dealkylation sites (tertiary alicyclic amines) is 1. The van der Waals surface area contributed by atoms with Crippen LogP contribution in [-0.2, 0) is 11.0 Å². The first-order chi connectivity index (χ1) is 15.7. The van der Waals surface area contributed by atoms with E-state index in [0.717, 1.165) is 17.5 Å². The molecule has 0 aliphatic carbocycles. The van der Waals surface area contributed by atoms with Crippen LogP contribution in [0.25, 0.3) is 22.3 Å². The Balaban J connectivity index is 1.58. The van der Waals surface area contributed by atoms with Gasteiger partial charge in [0.05, 0.1) is 11.6 Å². The molecule has 0 unspecified atom stereocenters. The molecular formula is C24H22F3N5O. The summed E-state index contributed by atoms with van der Waals surface area (Å²) in [6, 6.07) is 10.3. The lowest BCUT2D eigenvalue weighted by molar-refractivity contribution is -0.137. The molecule has 170 valence electrons. The van der Waals surface area contributed by atoms with E-state index in [1.807, 2.05) is 26.0 Å². The smallest absolute Gasteiger partial charge is 0.334 e. The lowest BCUT2D eigenvalue weighted by Gasteiger charge is -2.39. The quantitative estimate of drug-likeness (QED) is 0.403. The molecule has 0 spiro atoms. The first-order valence-corrected chi connectivity index (χ1v) is 10.6. The Hall–Kier alpha value is -3.67. The highest BCUT2D eigenvalue weighted by atomic mass is 19.4.